The first-order valence-electron chi connectivity index (χ1n) is 9.43. The number of benzene rings is 2. The van der Waals surface area contributed by atoms with Gasteiger partial charge >= 0.3 is 5.97 Å². The van der Waals surface area contributed by atoms with Gasteiger partial charge in [0.05, 0.1) is 12.0 Å². The van der Waals surface area contributed by atoms with E-state index in [1.807, 2.05) is 30.3 Å². The average Bonchev–Trinajstić information content (AvgIpc) is 2.68. The van der Waals surface area contributed by atoms with Crippen LogP contribution in [0.4, 0.5) is 5.69 Å². The summed E-state index contributed by atoms with van der Waals surface area (Å²) >= 11 is 0. The largest absolute Gasteiger partial charge is 0.481 e. The molecule has 0 heterocycles. The quantitative estimate of drug-likeness (QED) is 0.690. The van der Waals surface area contributed by atoms with E-state index in [0.717, 1.165) is 43.4 Å². The third kappa shape index (κ3) is 5.09. The predicted octanol–water partition coefficient (Wildman–Crippen LogP) is 4.41. The number of aliphatic hydroxyl groups excluding tert-OH is 1. The minimum Gasteiger partial charge on any atom is -0.481 e. The number of hydrogen-bond acceptors (Lipinski definition) is 3. The van der Waals surface area contributed by atoms with Crippen molar-refractivity contribution in [2.45, 2.75) is 50.7 Å². The molecule has 3 N–H and O–H groups in total. The lowest BCUT2D eigenvalue weighted by Crippen LogP contribution is -2.29. The summed E-state index contributed by atoms with van der Waals surface area (Å²) in [6.45, 7) is 0. The summed E-state index contributed by atoms with van der Waals surface area (Å²) in [5.74, 6) is -0.836. The van der Waals surface area contributed by atoms with Crippen molar-refractivity contribution in [3.05, 3.63) is 65.7 Å². The highest BCUT2D eigenvalue weighted by Gasteiger charge is 2.25. The fourth-order valence-electron chi connectivity index (χ4n) is 3.63. The molecule has 0 amide bonds. The second-order valence-electron chi connectivity index (χ2n) is 7.19. The monoisotopic (exact) mass is 353 g/mol. The number of carbonyl (C=O) groups is 1. The van der Waals surface area contributed by atoms with E-state index in [2.05, 4.69) is 29.6 Å². The standard InChI is InChI=1S/C22H27NO3/c24-21(17-4-2-1-3-5-17)15-8-16-6-11-19(12-7-16)23-20-13-9-18(10-14-20)22(25)26/h1-7,11-12,18,20-21,23-24H,8-10,13-15H2,(H,25,26). The van der Waals surface area contributed by atoms with Crippen molar-refractivity contribution in [2.24, 2.45) is 5.92 Å². The van der Waals surface area contributed by atoms with Crippen LogP contribution in [-0.4, -0.2) is 22.2 Å². The number of rotatable bonds is 7. The molecule has 1 fully saturated rings. The first-order valence-corrected chi connectivity index (χ1v) is 9.43. The van der Waals surface area contributed by atoms with Crippen molar-refractivity contribution in [2.75, 3.05) is 5.32 Å². The molecular weight excluding hydrogens is 326 g/mol. The van der Waals surface area contributed by atoms with Gasteiger partial charge in [-0.15, -0.1) is 0 Å². The molecule has 2 aromatic rings. The summed E-state index contributed by atoms with van der Waals surface area (Å²) in [6.07, 6.45) is 4.42. The molecule has 1 aliphatic rings. The van der Waals surface area contributed by atoms with Gasteiger partial charge in [-0.3, -0.25) is 4.79 Å². The summed E-state index contributed by atoms with van der Waals surface area (Å²) in [5, 5.41) is 22.8. The zero-order valence-electron chi connectivity index (χ0n) is 15.0. The normalized spacial score (nSPS) is 21.1. The van der Waals surface area contributed by atoms with Crippen molar-refractivity contribution in [1.29, 1.82) is 0 Å². The molecule has 2 aromatic carbocycles. The molecule has 1 aliphatic carbocycles. The predicted molar refractivity (Wildman–Crippen MR) is 103 cm³/mol. The summed E-state index contributed by atoms with van der Waals surface area (Å²) in [6, 6.07) is 18.5. The van der Waals surface area contributed by atoms with E-state index < -0.39 is 12.1 Å². The first-order chi connectivity index (χ1) is 12.6. The Kier molecular flexibility index (Phi) is 6.29. The SMILES string of the molecule is O=C(O)C1CCC(Nc2ccc(CCC(O)c3ccccc3)cc2)CC1. The molecule has 0 aromatic heterocycles. The molecular formula is C22H27NO3. The Morgan fingerprint density at radius 3 is 2.27 bits per heavy atom. The van der Waals surface area contributed by atoms with E-state index in [0.29, 0.717) is 12.5 Å². The van der Waals surface area contributed by atoms with Gasteiger partial charge in [0, 0.05) is 11.7 Å². The molecule has 0 saturated heterocycles. The van der Waals surface area contributed by atoms with E-state index in [4.69, 9.17) is 5.11 Å². The van der Waals surface area contributed by atoms with Gasteiger partial charge in [-0.1, -0.05) is 42.5 Å². The highest BCUT2D eigenvalue weighted by atomic mass is 16.4. The van der Waals surface area contributed by atoms with E-state index in [9.17, 15) is 9.90 Å². The van der Waals surface area contributed by atoms with Gasteiger partial charge in [0.15, 0.2) is 0 Å². The van der Waals surface area contributed by atoms with Crippen LogP contribution in [0.25, 0.3) is 0 Å². The van der Waals surface area contributed by atoms with Crippen molar-refractivity contribution < 1.29 is 15.0 Å². The number of carboxylic acid groups (broad SMARTS) is 1. The van der Waals surface area contributed by atoms with Crippen molar-refractivity contribution >= 4 is 11.7 Å². The van der Waals surface area contributed by atoms with Gasteiger partial charge in [-0.05, 0) is 61.8 Å². The zero-order chi connectivity index (χ0) is 18.4. The van der Waals surface area contributed by atoms with Gasteiger partial charge in [-0.2, -0.15) is 0 Å². The molecule has 1 atom stereocenters. The topological polar surface area (TPSA) is 69.6 Å². The number of aliphatic carboxylic acids is 1. The lowest BCUT2D eigenvalue weighted by atomic mass is 9.86. The molecule has 1 saturated carbocycles. The smallest absolute Gasteiger partial charge is 0.306 e. The van der Waals surface area contributed by atoms with Gasteiger partial charge in [-0.25, -0.2) is 0 Å². The second kappa shape index (κ2) is 8.86. The summed E-state index contributed by atoms with van der Waals surface area (Å²) in [5.41, 5.74) is 3.25. The Morgan fingerprint density at radius 1 is 1.00 bits per heavy atom. The van der Waals surface area contributed by atoms with Gasteiger partial charge in [0.2, 0.25) is 0 Å². The fraction of sp³-hybridized carbons (Fsp3) is 0.409. The summed E-state index contributed by atoms with van der Waals surface area (Å²) in [7, 11) is 0. The Hall–Kier alpha value is -2.33. The van der Waals surface area contributed by atoms with Gasteiger partial charge in [0.25, 0.3) is 0 Å². The lowest BCUT2D eigenvalue weighted by molar-refractivity contribution is -0.142. The Balaban J connectivity index is 1.46. The average molecular weight is 353 g/mol. The van der Waals surface area contributed by atoms with Gasteiger partial charge < -0.3 is 15.5 Å². The van der Waals surface area contributed by atoms with E-state index in [1.165, 1.54) is 5.56 Å². The number of aliphatic hydroxyl groups is 1. The lowest BCUT2D eigenvalue weighted by Gasteiger charge is -2.27. The zero-order valence-corrected chi connectivity index (χ0v) is 15.0. The molecule has 4 heteroatoms. The van der Waals surface area contributed by atoms with Crippen LogP contribution in [0.15, 0.2) is 54.6 Å². The maximum absolute atomic E-state index is 11.0. The summed E-state index contributed by atoms with van der Waals surface area (Å²) in [4.78, 5) is 11.0. The Morgan fingerprint density at radius 2 is 1.65 bits per heavy atom. The Labute approximate surface area is 154 Å². The van der Waals surface area contributed by atoms with Crippen LogP contribution < -0.4 is 5.32 Å². The minimum absolute atomic E-state index is 0.175. The molecule has 1 unspecified atom stereocenters. The number of hydrogen-bond donors (Lipinski definition) is 3. The van der Waals surface area contributed by atoms with Crippen LogP contribution in [0.2, 0.25) is 0 Å². The number of anilines is 1. The van der Waals surface area contributed by atoms with E-state index in [1.54, 1.807) is 0 Å². The molecule has 0 aliphatic heterocycles. The number of nitrogens with one attached hydrogen (secondary N) is 1. The molecule has 0 radical (unpaired) electrons. The minimum atomic E-state index is -0.662. The first kappa shape index (κ1) is 18.5. The van der Waals surface area contributed by atoms with Crippen molar-refractivity contribution in [3.63, 3.8) is 0 Å². The maximum atomic E-state index is 11.0. The Bertz CT molecular complexity index is 691. The molecule has 0 spiro atoms. The molecule has 4 nitrogen and oxygen atoms in total. The highest BCUT2D eigenvalue weighted by molar-refractivity contribution is 5.70. The van der Waals surface area contributed by atoms with Crippen molar-refractivity contribution in [1.82, 2.24) is 0 Å². The molecule has 3 rings (SSSR count). The molecule has 138 valence electrons. The van der Waals surface area contributed by atoms with Gasteiger partial charge in [0.1, 0.15) is 0 Å². The van der Waals surface area contributed by atoms with Crippen LogP contribution >= 0.6 is 0 Å². The maximum Gasteiger partial charge on any atom is 0.306 e. The van der Waals surface area contributed by atoms with E-state index in [-0.39, 0.29) is 5.92 Å². The molecule has 0 bridgehead atoms. The van der Waals surface area contributed by atoms with Crippen LogP contribution in [0.5, 0.6) is 0 Å². The van der Waals surface area contributed by atoms with Crippen molar-refractivity contribution in [3.8, 4) is 0 Å². The molecule has 26 heavy (non-hydrogen) atoms. The fourth-order valence-corrected chi connectivity index (χ4v) is 3.63. The van der Waals surface area contributed by atoms with E-state index >= 15 is 0 Å². The number of aryl methyl sites for hydroxylation is 1. The highest BCUT2D eigenvalue weighted by Crippen LogP contribution is 2.27. The number of carboxylic acids is 1. The third-order valence-electron chi connectivity index (χ3n) is 5.29. The third-order valence-corrected chi connectivity index (χ3v) is 5.29. The van der Waals surface area contributed by atoms with Crippen LogP contribution in [-0.2, 0) is 11.2 Å². The van der Waals surface area contributed by atoms with Crippen LogP contribution in [0, 0.1) is 5.92 Å². The van der Waals surface area contributed by atoms with Crippen LogP contribution in [0.1, 0.15) is 49.3 Å². The second-order valence-corrected chi connectivity index (χ2v) is 7.19. The van der Waals surface area contributed by atoms with Crippen LogP contribution in [0.3, 0.4) is 0 Å². The summed E-state index contributed by atoms with van der Waals surface area (Å²) < 4.78 is 0.